The summed E-state index contributed by atoms with van der Waals surface area (Å²) >= 11 is 18.4. The van der Waals surface area contributed by atoms with Gasteiger partial charge in [0.1, 0.15) is 22.3 Å². The molecular formula is C31H25Cl3F2N6O3. The number of piperazine rings is 1. The van der Waals surface area contributed by atoms with Crippen molar-refractivity contribution in [2.45, 2.75) is 26.7 Å². The molecule has 0 radical (unpaired) electrons. The number of benzene rings is 1. The molecule has 4 heterocycles. The summed E-state index contributed by atoms with van der Waals surface area (Å²) in [5.41, 5.74) is -0.524. The van der Waals surface area contributed by atoms with Gasteiger partial charge in [0, 0.05) is 37.8 Å². The normalized spacial score (nSPS) is 13.4. The second kappa shape index (κ2) is 12.3. The molecule has 0 unspecified atom stereocenters. The minimum atomic E-state index is -1.38. The number of halogens is 5. The summed E-state index contributed by atoms with van der Waals surface area (Å²) in [6.07, 6.45) is 2.80. The first-order valence-electron chi connectivity index (χ1n) is 13.7. The zero-order valence-corrected chi connectivity index (χ0v) is 26.5. The van der Waals surface area contributed by atoms with Gasteiger partial charge in [0.25, 0.3) is 5.56 Å². The number of carbonyl (C=O) groups excluding carboxylic acids is 1. The Hall–Kier alpha value is -4.24. The Kier molecular flexibility index (Phi) is 8.77. The number of phenolic OH excluding ortho intramolecular Hbond substituents is 1. The molecule has 9 nitrogen and oxygen atoms in total. The standard InChI is InChI=1S/C31H25Cl3F2N6O3/c1-5-19(43)40-8-10-41(11-9-40)28-16-12-18(32)26(20-23(35)21(33)22(34)24(36)29(20)44)39-30(16)42(31(45)17(28)13-37)27-15(4)6-7-38-25(27)14(2)3/h5-7,12,14,44H,1,8-11H2,2-4H3. The number of aromatic nitrogens is 3. The molecule has 5 rings (SSSR count). The summed E-state index contributed by atoms with van der Waals surface area (Å²) in [5.74, 6) is -4.28. The SMILES string of the molecule is C=CC(=O)N1CCN(c2c(C#N)c(=O)n(-c3c(C)ccnc3C(C)C)c3nc(-c4c(O)c(F)c(Cl)c(Cl)c4F)c(Cl)cc23)CC1. The zero-order valence-electron chi connectivity index (χ0n) is 24.3. The number of amides is 1. The Morgan fingerprint density at radius 1 is 1.13 bits per heavy atom. The Balaban J connectivity index is 1.93. The number of aromatic hydroxyl groups is 1. The molecule has 4 aromatic rings. The number of anilines is 1. The monoisotopic (exact) mass is 672 g/mol. The van der Waals surface area contributed by atoms with Crippen molar-refractivity contribution in [2.24, 2.45) is 0 Å². The first kappa shape index (κ1) is 32.2. The van der Waals surface area contributed by atoms with Crippen LogP contribution in [0, 0.1) is 29.9 Å². The molecule has 1 saturated heterocycles. The molecule has 0 saturated carbocycles. The zero-order chi connectivity index (χ0) is 32.9. The van der Waals surface area contributed by atoms with Gasteiger partial charge >= 0.3 is 0 Å². The van der Waals surface area contributed by atoms with Gasteiger partial charge in [-0.2, -0.15) is 5.26 Å². The third-order valence-corrected chi connectivity index (χ3v) is 8.77. The lowest BCUT2D eigenvalue weighted by Crippen LogP contribution is -2.49. The van der Waals surface area contributed by atoms with Crippen LogP contribution in [-0.4, -0.2) is 56.6 Å². The largest absolute Gasteiger partial charge is 0.504 e. The molecular weight excluding hydrogens is 649 g/mol. The van der Waals surface area contributed by atoms with Crippen molar-refractivity contribution in [3.05, 3.63) is 84.9 Å². The van der Waals surface area contributed by atoms with Gasteiger partial charge in [-0.25, -0.2) is 13.8 Å². The summed E-state index contributed by atoms with van der Waals surface area (Å²) in [5, 5.41) is 19.4. The van der Waals surface area contributed by atoms with Crippen LogP contribution >= 0.6 is 34.8 Å². The molecule has 1 aliphatic rings. The summed E-state index contributed by atoms with van der Waals surface area (Å²) in [6.45, 7) is 10.1. The fourth-order valence-corrected chi connectivity index (χ4v) is 6.08. The first-order valence-corrected chi connectivity index (χ1v) is 14.8. The predicted octanol–water partition coefficient (Wildman–Crippen LogP) is 6.53. The van der Waals surface area contributed by atoms with E-state index in [1.165, 1.54) is 16.7 Å². The van der Waals surface area contributed by atoms with Crippen LogP contribution in [0.15, 0.2) is 35.8 Å². The molecule has 45 heavy (non-hydrogen) atoms. The van der Waals surface area contributed by atoms with Crippen LogP contribution < -0.4 is 10.5 Å². The molecule has 0 bridgehead atoms. The van der Waals surface area contributed by atoms with E-state index >= 15 is 4.39 Å². The van der Waals surface area contributed by atoms with Crippen molar-refractivity contribution in [1.82, 2.24) is 19.4 Å². The quantitative estimate of drug-likeness (QED) is 0.146. The highest BCUT2D eigenvalue weighted by Crippen LogP contribution is 2.45. The Bertz CT molecular complexity index is 1990. The van der Waals surface area contributed by atoms with Gasteiger partial charge in [-0.3, -0.25) is 19.1 Å². The van der Waals surface area contributed by atoms with Gasteiger partial charge in [-0.05, 0) is 36.6 Å². The molecule has 1 fully saturated rings. The predicted molar refractivity (Wildman–Crippen MR) is 170 cm³/mol. The maximum atomic E-state index is 15.5. The molecule has 14 heteroatoms. The number of nitriles is 1. The molecule has 1 aromatic carbocycles. The van der Waals surface area contributed by atoms with E-state index in [2.05, 4.69) is 16.5 Å². The van der Waals surface area contributed by atoms with Gasteiger partial charge < -0.3 is 14.9 Å². The lowest BCUT2D eigenvalue weighted by atomic mass is 10.0. The Morgan fingerprint density at radius 3 is 2.38 bits per heavy atom. The highest BCUT2D eigenvalue weighted by Gasteiger charge is 2.31. The molecule has 0 atom stereocenters. The topological polar surface area (TPSA) is 115 Å². The number of pyridine rings is 3. The Labute approximate surface area is 271 Å². The van der Waals surface area contributed by atoms with E-state index in [-0.39, 0.29) is 65.3 Å². The van der Waals surface area contributed by atoms with Crippen molar-refractivity contribution in [3.63, 3.8) is 0 Å². The molecule has 0 spiro atoms. The van der Waals surface area contributed by atoms with Crippen LogP contribution in [0.1, 0.15) is 36.6 Å². The minimum Gasteiger partial charge on any atom is -0.504 e. The van der Waals surface area contributed by atoms with Crippen molar-refractivity contribution in [2.75, 3.05) is 31.1 Å². The Morgan fingerprint density at radius 2 is 1.78 bits per heavy atom. The van der Waals surface area contributed by atoms with Gasteiger partial charge in [-0.1, -0.05) is 55.2 Å². The van der Waals surface area contributed by atoms with Crippen molar-refractivity contribution >= 4 is 57.4 Å². The smallest absolute Gasteiger partial charge is 0.276 e. The number of fused-ring (bicyclic) bond motifs is 1. The minimum absolute atomic E-state index is 0.0683. The molecule has 1 amide bonds. The fourth-order valence-electron chi connectivity index (χ4n) is 5.48. The number of nitrogens with zero attached hydrogens (tertiary/aromatic N) is 6. The fraction of sp³-hybridized carbons (Fsp3) is 0.258. The summed E-state index contributed by atoms with van der Waals surface area (Å²) in [4.78, 5) is 39.0. The van der Waals surface area contributed by atoms with E-state index in [4.69, 9.17) is 34.8 Å². The van der Waals surface area contributed by atoms with E-state index in [0.29, 0.717) is 16.9 Å². The van der Waals surface area contributed by atoms with Crippen LogP contribution in [0.5, 0.6) is 5.75 Å². The van der Waals surface area contributed by atoms with E-state index in [9.17, 15) is 24.3 Å². The van der Waals surface area contributed by atoms with Crippen LogP contribution in [0.25, 0.3) is 28.0 Å². The van der Waals surface area contributed by atoms with Crippen LogP contribution in [0.4, 0.5) is 14.5 Å². The lowest BCUT2D eigenvalue weighted by molar-refractivity contribution is -0.126. The average molecular weight is 674 g/mol. The van der Waals surface area contributed by atoms with Crippen LogP contribution in [0.2, 0.25) is 15.1 Å². The third kappa shape index (κ3) is 5.27. The molecule has 3 aromatic heterocycles. The number of hydrogen-bond acceptors (Lipinski definition) is 7. The summed E-state index contributed by atoms with van der Waals surface area (Å²) < 4.78 is 31.6. The summed E-state index contributed by atoms with van der Waals surface area (Å²) in [7, 11) is 0. The number of carbonyl (C=O) groups is 1. The van der Waals surface area contributed by atoms with E-state index < -0.39 is 44.2 Å². The van der Waals surface area contributed by atoms with E-state index in [0.717, 1.165) is 0 Å². The van der Waals surface area contributed by atoms with Gasteiger partial charge in [0.05, 0.1) is 38.4 Å². The highest BCUT2D eigenvalue weighted by molar-refractivity contribution is 6.42. The number of phenols is 1. The highest BCUT2D eigenvalue weighted by atomic mass is 35.5. The maximum Gasteiger partial charge on any atom is 0.276 e. The molecule has 0 aliphatic carbocycles. The lowest BCUT2D eigenvalue weighted by Gasteiger charge is -2.36. The van der Waals surface area contributed by atoms with E-state index in [1.54, 1.807) is 29.0 Å². The second-order valence-electron chi connectivity index (χ2n) is 10.7. The van der Waals surface area contributed by atoms with Crippen molar-refractivity contribution < 1.29 is 18.7 Å². The second-order valence-corrected chi connectivity index (χ2v) is 11.8. The third-order valence-electron chi connectivity index (χ3n) is 7.67. The first-order chi connectivity index (χ1) is 21.3. The maximum absolute atomic E-state index is 15.5. The van der Waals surface area contributed by atoms with Gasteiger partial charge in [-0.15, -0.1) is 0 Å². The summed E-state index contributed by atoms with van der Waals surface area (Å²) in [6, 6.07) is 5.09. The number of rotatable bonds is 5. The number of aryl methyl sites for hydroxylation is 1. The molecule has 232 valence electrons. The van der Waals surface area contributed by atoms with Gasteiger partial charge in [0.2, 0.25) is 5.91 Å². The van der Waals surface area contributed by atoms with Crippen LogP contribution in [-0.2, 0) is 4.79 Å². The van der Waals surface area contributed by atoms with Crippen molar-refractivity contribution in [3.8, 4) is 28.8 Å². The molecule has 1 N–H and O–H groups in total. The van der Waals surface area contributed by atoms with Crippen LogP contribution in [0.3, 0.4) is 0 Å². The molecule has 1 aliphatic heterocycles. The van der Waals surface area contributed by atoms with Gasteiger partial charge in [0.15, 0.2) is 17.4 Å². The van der Waals surface area contributed by atoms with E-state index in [1.807, 2.05) is 19.9 Å². The number of hydrogen-bond donors (Lipinski definition) is 1. The van der Waals surface area contributed by atoms with Crippen molar-refractivity contribution in [1.29, 1.82) is 5.26 Å². The average Bonchev–Trinajstić information content (AvgIpc) is 3.02.